The summed E-state index contributed by atoms with van der Waals surface area (Å²) < 4.78 is 31.8. The van der Waals surface area contributed by atoms with Crippen molar-refractivity contribution in [3.8, 4) is 0 Å². The number of rotatable bonds is 3. The maximum atomic E-state index is 13.1. The second kappa shape index (κ2) is 6.64. The van der Waals surface area contributed by atoms with Crippen molar-refractivity contribution in [1.82, 2.24) is 0 Å². The van der Waals surface area contributed by atoms with E-state index >= 15 is 0 Å². The Labute approximate surface area is 141 Å². The van der Waals surface area contributed by atoms with Gasteiger partial charge in [-0.1, -0.05) is 48.0 Å². The Kier molecular flexibility index (Phi) is 4.73. The molecule has 1 heterocycles. The van der Waals surface area contributed by atoms with Gasteiger partial charge in [-0.15, -0.1) is 0 Å². The highest BCUT2D eigenvalue weighted by Crippen LogP contribution is 2.36. The van der Waals surface area contributed by atoms with E-state index < -0.39 is 33.4 Å². The van der Waals surface area contributed by atoms with E-state index in [1.165, 1.54) is 12.1 Å². The van der Waals surface area contributed by atoms with Gasteiger partial charge < -0.3 is 14.9 Å². The maximum Gasteiger partial charge on any atom is 0.186 e. The molecule has 6 heteroatoms. The van der Waals surface area contributed by atoms with Gasteiger partial charge in [0.05, 0.1) is 11.5 Å². The van der Waals surface area contributed by atoms with Crippen LogP contribution in [0.2, 0.25) is 0 Å². The van der Waals surface area contributed by atoms with Crippen molar-refractivity contribution < 1.29 is 23.4 Å². The van der Waals surface area contributed by atoms with Crippen LogP contribution in [0.25, 0.3) is 0 Å². The van der Waals surface area contributed by atoms with Crippen LogP contribution in [0.1, 0.15) is 17.2 Å². The molecular formula is C18H20O5S. The van der Waals surface area contributed by atoms with E-state index in [2.05, 4.69) is 0 Å². The molecule has 0 saturated carbocycles. The first-order chi connectivity index (χ1) is 11.4. The van der Waals surface area contributed by atoms with Crippen molar-refractivity contribution in [2.24, 2.45) is 0 Å². The Balaban J connectivity index is 2.06. The fourth-order valence-electron chi connectivity index (χ4n) is 2.95. The molecule has 0 bridgehead atoms. The largest absolute Gasteiger partial charge is 0.389 e. The number of hydrogen-bond donors (Lipinski definition) is 2. The zero-order valence-electron chi connectivity index (χ0n) is 13.2. The van der Waals surface area contributed by atoms with Crippen LogP contribution in [0, 0.1) is 6.92 Å². The van der Waals surface area contributed by atoms with Gasteiger partial charge in [0, 0.05) is 0 Å². The molecule has 1 aliphatic heterocycles. The zero-order valence-corrected chi connectivity index (χ0v) is 14.1. The standard InChI is InChI=1S/C18H20O5S/c1-12-7-9-14(10-8-12)24(21,22)18-16(20)15(19)11-23-17(18)13-5-3-2-4-6-13/h2-10,15-20H,11H2,1H3/t15-,16-,17-,18+/m0/s1. The van der Waals surface area contributed by atoms with E-state index in [0.29, 0.717) is 5.56 Å². The number of sulfone groups is 1. The minimum absolute atomic E-state index is 0.107. The van der Waals surface area contributed by atoms with Crippen LogP contribution >= 0.6 is 0 Å². The molecule has 2 aromatic carbocycles. The van der Waals surface area contributed by atoms with Crippen LogP contribution in [0.4, 0.5) is 0 Å². The molecule has 0 aromatic heterocycles. The minimum Gasteiger partial charge on any atom is -0.389 e. The molecule has 0 spiro atoms. The lowest BCUT2D eigenvalue weighted by Crippen LogP contribution is -2.52. The molecule has 0 radical (unpaired) electrons. The van der Waals surface area contributed by atoms with Crippen molar-refractivity contribution in [2.75, 3.05) is 6.61 Å². The molecule has 1 aliphatic rings. The molecule has 3 rings (SSSR count). The summed E-state index contributed by atoms with van der Waals surface area (Å²) in [4.78, 5) is 0.107. The number of benzene rings is 2. The summed E-state index contributed by atoms with van der Waals surface area (Å²) in [7, 11) is -3.89. The summed E-state index contributed by atoms with van der Waals surface area (Å²) in [5, 5.41) is 19.1. The third-order valence-electron chi connectivity index (χ3n) is 4.31. The highest BCUT2D eigenvalue weighted by atomic mass is 32.2. The highest BCUT2D eigenvalue weighted by Gasteiger charge is 2.47. The van der Waals surface area contributed by atoms with Crippen molar-refractivity contribution in [3.05, 3.63) is 65.7 Å². The Hall–Kier alpha value is -1.73. The summed E-state index contributed by atoms with van der Waals surface area (Å²) in [6.07, 6.45) is -3.50. The van der Waals surface area contributed by atoms with Crippen LogP contribution in [-0.4, -0.2) is 42.7 Å². The molecule has 0 amide bonds. The quantitative estimate of drug-likeness (QED) is 0.881. The van der Waals surface area contributed by atoms with Crippen molar-refractivity contribution >= 4 is 9.84 Å². The van der Waals surface area contributed by atoms with Gasteiger partial charge in [0.15, 0.2) is 9.84 Å². The first kappa shape index (κ1) is 17.1. The van der Waals surface area contributed by atoms with E-state index in [1.54, 1.807) is 36.4 Å². The molecule has 2 aromatic rings. The second-order valence-electron chi connectivity index (χ2n) is 6.05. The molecule has 1 fully saturated rings. The summed E-state index contributed by atoms with van der Waals surface area (Å²) in [5.41, 5.74) is 1.60. The smallest absolute Gasteiger partial charge is 0.186 e. The maximum absolute atomic E-state index is 13.1. The number of ether oxygens (including phenoxy) is 1. The van der Waals surface area contributed by atoms with Crippen LogP contribution in [0.15, 0.2) is 59.5 Å². The summed E-state index contributed by atoms with van der Waals surface area (Å²) in [5.74, 6) is 0. The Morgan fingerprint density at radius 1 is 1.00 bits per heavy atom. The van der Waals surface area contributed by atoms with Crippen molar-refractivity contribution in [1.29, 1.82) is 0 Å². The third kappa shape index (κ3) is 3.10. The SMILES string of the molecule is Cc1ccc(S(=O)(=O)[C@@H]2[C@@H](O)[C@@H](O)CO[C@H]2c2ccccc2)cc1. The summed E-state index contributed by atoms with van der Waals surface area (Å²) >= 11 is 0. The number of aliphatic hydroxyl groups is 2. The average molecular weight is 348 g/mol. The summed E-state index contributed by atoms with van der Waals surface area (Å²) in [6, 6.07) is 15.3. The van der Waals surface area contributed by atoms with E-state index in [1.807, 2.05) is 13.0 Å². The van der Waals surface area contributed by atoms with Crippen LogP contribution in [0.5, 0.6) is 0 Å². The van der Waals surface area contributed by atoms with Gasteiger partial charge in [0.25, 0.3) is 0 Å². The van der Waals surface area contributed by atoms with Crippen LogP contribution < -0.4 is 0 Å². The normalized spacial score (nSPS) is 27.8. The lowest BCUT2D eigenvalue weighted by Gasteiger charge is -2.38. The molecule has 24 heavy (non-hydrogen) atoms. The van der Waals surface area contributed by atoms with Gasteiger partial charge in [0.1, 0.15) is 23.6 Å². The average Bonchev–Trinajstić information content (AvgIpc) is 2.58. The molecule has 2 N–H and O–H groups in total. The molecule has 0 unspecified atom stereocenters. The van der Waals surface area contributed by atoms with Gasteiger partial charge >= 0.3 is 0 Å². The minimum atomic E-state index is -3.89. The number of aliphatic hydroxyl groups excluding tert-OH is 2. The lowest BCUT2D eigenvalue weighted by molar-refractivity contribution is -0.119. The number of hydrogen-bond acceptors (Lipinski definition) is 5. The first-order valence-electron chi connectivity index (χ1n) is 7.74. The van der Waals surface area contributed by atoms with Crippen molar-refractivity contribution in [3.63, 3.8) is 0 Å². The topological polar surface area (TPSA) is 83.8 Å². The van der Waals surface area contributed by atoms with E-state index in [9.17, 15) is 18.6 Å². The molecule has 5 nitrogen and oxygen atoms in total. The zero-order chi connectivity index (χ0) is 17.3. The van der Waals surface area contributed by atoms with E-state index in [4.69, 9.17) is 4.74 Å². The Morgan fingerprint density at radius 3 is 2.25 bits per heavy atom. The third-order valence-corrected chi connectivity index (χ3v) is 6.48. The summed E-state index contributed by atoms with van der Waals surface area (Å²) in [6.45, 7) is 1.76. The van der Waals surface area contributed by atoms with Gasteiger partial charge in [-0.3, -0.25) is 0 Å². The highest BCUT2D eigenvalue weighted by molar-refractivity contribution is 7.92. The van der Waals surface area contributed by atoms with Crippen LogP contribution in [-0.2, 0) is 14.6 Å². The van der Waals surface area contributed by atoms with Gasteiger partial charge in [-0.05, 0) is 24.6 Å². The molecule has 1 saturated heterocycles. The molecule has 4 atom stereocenters. The van der Waals surface area contributed by atoms with E-state index in [0.717, 1.165) is 5.56 Å². The van der Waals surface area contributed by atoms with Crippen LogP contribution in [0.3, 0.4) is 0 Å². The molecule has 128 valence electrons. The first-order valence-corrected chi connectivity index (χ1v) is 9.29. The fourth-order valence-corrected chi connectivity index (χ4v) is 4.89. The van der Waals surface area contributed by atoms with Gasteiger partial charge in [-0.2, -0.15) is 0 Å². The Morgan fingerprint density at radius 2 is 1.62 bits per heavy atom. The van der Waals surface area contributed by atoms with Gasteiger partial charge in [-0.25, -0.2) is 8.42 Å². The fraction of sp³-hybridized carbons (Fsp3) is 0.333. The monoisotopic (exact) mass is 348 g/mol. The van der Waals surface area contributed by atoms with Gasteiger partial charge in [0.2, 0.25) is 0 Å². The predicted molar refractivity (Wildman–Crippen MR) is 89.3 cm³/mol. The molecular weight excluding hydrogens is 328 g/mol. The van der Waals surface area contributed by atoms with E-state index in [-0.39, 0.29) is 11.5 Å². The predicted octanol–water partition coefficient (Wildman–Crippen LogP) is 1.63. The second-order valence-corrected chi connectivity index (χ2v) is 8.15. The van der Waals surface area contributed by atoms with Crippen molar-refractivity contribution in [2.45, 2.75) is 35.4 Å². The lowest BCUT2D eigenvalue weighted by atomic mass is 9.97. The molecule has 0 aliphatic carbocycles. The Bertz CT molecular complexity index is 786. The number of aryl methyl sites for hydroxylation is 1.